The van der Waals surface area contributed by atoms with Crippen LogP contribution in [0.25, 0.3) is 0 Å². The summed E-state index contributed by atoms with van der Waals surface area (Å²) in [5, 5.41) is 8.41. The third kappa shape index (κ3) is 5.31. The standard InChI is InChI=1S/C7H12F3NO4S/c1-5(2)11(3-6(12)13)16(14,15)4-7(8,9)10/h5H,3-4H2,1-2H3,(H,12,13). The lowest BCUT2D eigenvalue weighted by Gasteiger charge is -2.24. The van der Waals surface area contributed by atoms with Gasteiger partial charge >= 0.3 is 12.1 Å². The predicted molar refractivity (Wildman–Crippen MR) is 49.3 cm³/mol. The summed E-state index contributed by atoms with van der Waals surface area (Å²) in [7, 11) is -4.65. The van der Waals surface area contributed by atoms with Crippen molar-refractivity contribution in [2.75, 3.05) is 12.3 Å². The first-order valence-corrected chi connectivity index (χ1v) is 5.84. The van der Waals surface area contributed by atoms with E-state index in [4.69, 9.17) is 5.11 Å². The van der Waals surface area contributed by atoms with Crippen LogP contribution in [-0.2, 0) is 14.8 Å². The Morgan fingerprint density at radius 1 is 1.38 bits per heavy atom. The largest absolute Gasteiger partial charge is 0.480 e. The number of carboxylic acids is 1. The summed E-state index contributed by atoms with van der Waals surface area (Å²) in [6, 6.07) is -0.844. The van der Waals surface area contributed by atoms with Crippen molar-refractivity contribution < 1.29 is 31.5 Å². The highest BCUT2D eigenvalue weighted by atomic mass is 32.2. The van der Waals surface area contributed by atoms with E-state index in [2.05, 4.69) is 0 Å². The zero-order valence-corrected chi connectivity index (χ0v) is 9.47. The molecule has 0 unspecified atom stereocenters. The van der Waals surface area contributed by atoms with Crippen LogP contribution in [0.2, 0.25) is 0 Å². The summed E-state index contributed by atoms with van der Waals surface area (Å²) < 4.78 is 58.7. The van der Waals surface area contributed by atoms with Gasteiger partial charge in [-0.1, -0.05) is 0 Å². The first-order chi connectivity index (χ1) is 6.96. The molecule has 9 heteroatoms. The smallest absolute Gasteiger partial charge is 0.404 e. The van der Waals surface area contributed by atoms with Crippen molar-refractivity contribution in [2.24, 2.45) is 0 Å². The van der Waals surface area contributed by atoms with E-state index in [1.807, 2.05) is 0 Å². The Kier molecular flexibility index (Phi) is 4.74. The van der Waals surface area contributed by atoms with Crippen molar-refractivity contribution in [3.63, 3.8) is 0 Å². The highest BCUT2D eigenvalue weighted by Gasteiger charge is 2.39. The number of nitrogens with zero attached hydrogens (tertiary/aromatic N) is 1. The van der Waals surface area contributed by atoms with E-state index < -0.39 is 40.5 Å². The molecule has 0 aromatic rings. The molecular formula is C7H12F3NO4S. The number of hydrogen-bond donors (Lipinski definition) is 1. The van der Waals surface area contributed by atoms with Gasteiger partial charge in [-0.25, -0.2) is 8.42 Å². The number of hydrogen-bond acceptors (Lipinski definition) is 3. The van der Waals surface area contributed by atoms with Crippen molar-refractivity contribution in [1.82, 2.24) is 4.31 Å². The zero-order chi connectivity index (χ0) is 13.1. The van der Waals surface area contributed by atoms with Gasteiger partial charge in [-0.15, -0.1) is 0 Å². The summed E-state index contributed by atoms with van der Waals surface area (Å²) >= 11 is 0. The number of carboxylic acid groups (broad SMARTS) is 1. The minimum Gasteiger partial charge on any atom is -0.480 e. The quantitative estimate of drug-likeness (QED) is 0.791. The molecule has 0 saturated carbocycles. The lowest BCUT2D eigenvalue weighted by Crippen LogP contribution is -2.44. The van der Waals surface area contributed by atoms with Gasteiger partial charge in [0, 0.05) is 6.04 Å². The molecule has 5 nitrogen and oxygen atoms in total. The Labute approximate surface area is 90.9 Å². The molecule has 0 aromatic carbocycles. The average molecular weight is 263 g/mol. The fourth-order valence-corrected chi connectivity index (χ4v) is 2.55. The van der Waals surface area contributed by atoms with Gasteiger partial charge in [0.05, 0.1) is 0 Å². The summed E-state index contributed by atoms with van der Waals surface area (Å²) in [6.45, 7) is 1.63. The maximum Gasteiger partial charge on any atom is 0.404 e. The molecule has 0 saturated heterocycles. The topological polar surface area (TPSA) is 74.7 Å². The van der Waals surface area contributed by atoms with E-state index >= 15 is 0 Å². The third-order valence-corrected chi connectivity index (χ3v) is 3.53. The number of rotatable bonds is 5. The van der Waals surface area contributed by atoms with Gasteiger partial charge in [0.2, 0.25) is 10.0 Å². The van der Waals surface area contributed by atoms with Crippen LogP contribution in [0.4, 0.5) is 13.2 Å². The van der Waals surface area contributed by atoms with Crippen molar-refractivity contribution in [3.8, 4) is 0 Å². The van der Waals surface area contributed by atoms with Gasteiger partial charge in [-0.05, 0) is 13.8 Å². The Balaban J connectivity index is 4.99. The molecule has 0 heterocycles. The maximum atomic E-state index is 12.0. The molecule has 0 aliphatic rings. The molecule has 96 valence electrons. The molecule has 0 spiro atoms. The fourth-order valence-electron chi connectivity index (χ4n) is 1.03. The van der Waals surface area contributed by atoms with E-state index in [9.17, 15) is 26.4 Å². The number of aliphatic carboxylic acids is 1. The molecule has 0 aliphatic carbocycles. The van der Waals surface area contributed by atoms with Crippen LogP contribution < -0.4 is 0 Å². The van der Waals surface area contributed by atoms with Crippen molar-refractivity contribution in [2.45, 2.75) is 26.1 Å². The van der Waals surface area contributed by atoms with Crippen LogP contribution in [0, 0.1) is 0 Å². The molecule has 16 heavy (non-hydrogen) atoms. The minimum absolute atomic E-state index is 0.308. The van der Waals surface area contributed by atoms with Gasteiger partial charge in [0.15, 0.2) is 5.75 Å². The third-order valence-electron chi connectivity index (χ3n) is 1.57. The van der Waals surface area contributed by atoms with Gasteiger partial charge in [-0.3, -0.25) is 4.79 Å². The highest BCUT2D eigenvalue weighted by Crippen LogP contribution is 2.20. The summed E-state index contributed by atoms with van der Waals surface area (Å²) in [6.07, 6.45) is -4.88. The summed E-state index contributed by atoms with van der Waals surface area (Å²) in [5.41, 5.74) is 0. The molecule has 0 fully saturated rings. The Hall–Kier alpha value is -0.830. The van der Waals surface area contributed by atoms with Gasteiger partial charge in [0.25, 0.3) is 0 Å². The molecule has 0 aromatic heterocycles. The van der Waals surface area contributed by atoms with Crippen molar-refractivity contribution in [1.29, 1.82) is 0 Å². The van der Waals surface area contributed by atoms with Crippen LogP contribution in [0.5, 0.6) is 0 Å². The second-order valence-electron chi connectivity index (χ2n) is 3.40. The molecule has 0 atom stereocenters. The van der Waals surface area contributed by atoms with Crippen LogP contribution in [0.15, 0.2) is 0 Å². The lowest BCUT2D eigenvalue weighted by molar-refractivity contribution is -0.137. The highest BCUT2D eigenvalue weighted by molar-refractivity contribution is 7.89. The molecule has 0 amide bonds. The molecule has 0 aliphatic heterocycles. The molecular weight excluding hydrogens is 251 g/mol. The number of sulfonamides is 1. The van der Waals surface area contributed by atoms with Crippen LogP contribution in [-0.4, -0.2) is 48.3 Å². The van der Waals surface area contributed by atoms with Crippen molar-refractivity contribution >= 4 is 16.0 Å². The van der Waals surface area contributed by atoms with Crippen LogP contribution >= 0.6 is 0 Å². The summed E-state index contributed by atoms with van der Waals surface area (Å²) in [5.74, 6) is -3.55. The summed E-state index contributed by atoms with van der Waals surface area (Å²) in [4.78, 5) is 10.3. The Bertz CT molecular complexity index is 349. The van der Waals surface area contributed by atoms with Crippen LogP contribution in [0.3, 0.4) is 0 Å². The van der Waals surface area contributed by atoms with E-state index in [0.29, 0.717) is 4.31 Å². The Morgan fingerprint density at radius 3 is 2.06 bits per heavy atom. The Morgan fingerprint density at radius 2 is 1.81 bits per heavy atom. The van der Waals surface area contributed by atoms with Gasteiger partial charge in [0.1, 0.15) is 6.54 Å². The minimum atomic E-state index is -4.88. The molecule has 1 N–H and O–H groups in total. The maximum absolute atomic E-state index is 12.0. The normalized spacial score (nSPS) is 13.4. The second kappa shape index (κ2) is 5.00. The van der Waals surface area contributed by atoms with Crippen LogP contribution in [0.1, 0.15) is 13.8 Å². The monoisotopic (exact) mass is 263 g/mol. The predicted octanol–water partition coefficient (Wildman–Crippen LogP) is 0.673. The van der Waals surface area contributed by atoms with Gasteiger partial charge < -0.3 is 5.11 Å². The first kappa shape index (κ1) is 15.2. The number of halogens is 3. The number of carbonyl (C=O) groups is 1. The van der Waals surface area contributed by atoms with Gasteiger partial charge in [-0.2, -0.15) is 17.5 Å². The van der Waals surface area contributed by atoms with E-state index in [0.717, 1.165) is 0 Å². The van der Waals surface area contributed by atoms with E-state index in [1.54, 1.807) is 0 Å². The molecule has 0 radical (unpaired) electrons. The van der Waals surface area contributed by atoms with E-state index in [-0.39, 0.29) is 0 Å². The first-order valence-electron chi connectivity index (χ1n) is 4.24. The zero-order valence-electron chi connectivity index (χ0n) is 8.65. The number of alkyl halides is 3. The average Bonchev–Trinajstić information content (AvgIpc) is 1.93. The fraction of sp³-hybridized carbons (Fsp3) is 0.857. The van der Waals surface area contributed by atoms with Crippen molar-refractivity contribution in [3.05, 3.63) is 0 Å². The van der Waals surface area contributed by atoms with E-state index in [1.165, 1.54) is 13.8 Å². The molecule has 0 rings (SSSR count). The lowest BCUT2D eigenvalue weighted by atomic mass is 10.4. The molecule has 0 bridgehead atoms. The second-order valence-corrected chi connectivity index (χ2v) is 5.33. The SMILES string of the molecule is CC(C)N(CC(=O)O)S(=O)(=O)CC(F)(F)F.